The predicted molar refractivity (Wildman–Crippen MR) is 88.1 cm³/mol. The van der Waals surface area contributed by atoms with E-state index in [1.165, 1.54) is 12.1 Å². The lowest BCUT2D eigenvalue weighted by atomic mass is 9.99. The quantitative estimate of drug-likeness (QED) is 0.771. The van der Waals surface area contributed by atoms with Crippen LogP contribution in [0.4, 0.5) is 9.18 Å². The molecule has 1 saturated carbocycles. The molecule has 1 aromatic heterocycles. The molecule has 134 valence electrons. The molecule has 8 heteroatoms. The van der Waals surface area contributed by atoms with Gasteiger partial charge in [-0.05, 0) is 31.9 Å². The largest absolute Gasteiger partial charge is 0.394 e. The second kappa shape index (κ2) is 7.18. The summed E-state index contributed by atoms with van der Waals surface area (Å²) < 4.78 is 18.4. The van der Waals surface area contributed by atoms with Gasteiger partial charge in [-0.15, -0.1) is 0 Å². The molecule has 1 aromatic carbocycles. The first kappa shape index (κ1) is 17.3. The van der Waals surface area contributed by atoms with E-state index in [0.29, 0.717) is 5.56 Å². The molecule has 2 aromatic rings. The maximum Gasteiger partial charge on any atom is 0.315 e. The van der Waals surface area contributed by atoms with Gasteiger partial charge >= 0.3 is 6.03 Å². The summed E-state index contributed by atoms with van der Waals surface area (Å²) in [5.41, 5.74) is -0.0532. The van der Waals surface area contributed by atoms with Crippen LogP contribution < -0.4 is 10.6 Å². The van der Waals surface area contributed by atoms with Crippen molar-refractivity contribution >= 4 is 6.03 Å². The maximum absolute atomic E-state index is 13.3. The lowest BCUT2D eigenvalue weighted by Gasteiger charge is -2.28. The number of urea groups is 1. The van der Waals surface area contributed by atoms with Gasteiger partial charge in [-0.2, -0.15) is 4.98 Å². The summed E-state index contributed by atoms with van der Waals surface area (Å²) in [5.74, 6) is 0.0883. The van der Waals surface area contributed by atoms with Crippen LogP contribution in [0.25, 0.3) is 11.4 Å². The first-order valence-electron chi connectivity index (χ1n) is 8.30. The molecule has 1 aliphatic carbocycles. The zero-order valence-electron chi connectivity index (χ0n) is 14.0. The molecule has 25 heavy (non-hydrogen) atoms. The van der Waals surface area contributed by atoms with Gasteiger partial charge < -0.3 is 20.3 Å². The average Bonchev–Trinajstić information content (AvgIpc) is 3.24. The second-order valence-electron chi connectivity index (χ2n) is 6.43. The zero-order chi connectivity index (χ0) is 17.9. The molecule has 3 rings (SSSR count). The fourth-order valence-corrected chi connectivity index (χ4v) is 3.07. The van der Waals surface area contributed by atoms with Crippen molar-refractivity contribution in [1.82, 2.24) is 20.8 Å². The highest BCUT2D eigenvalue weighted by molar-refractivity contribution is 5.75. The molecule has 0 bridgehead atoms. The van der Waals surface area contributed by atoms with Gasteiger partial charge in [-0.1, -0.05) is 30.1 Å². The highest BCUT2D eigenvalue weighted by Gasteiger charge is 2.35. The van der Waals surface area contributed by atoms with Crippen molar-refractivity contribution < 1.29 is 18.8 Å². The van der Waals surface area contributed by atoms with E-state index in [2.05, 4.69) is 20.8 Å². The lowest BCUT2D eigenvalue weighted by molar-refractivity contribution is 0.161. The van der Waals surface area contributed by atoms with E-state index in [-0.39, 0.29) is 24.1 Å². The maximum atomic E-state index is 13.3. The Labute approximate surface area is 144 Å². The van der Waals surface area contributed by atoms with Crippen molar-refractivity contribution in [2.24, 2.45) is 0 Å². The number of aliphatic hydroxyl groups excluding tert-OH is 1. The van der Waals surface area contributed by atoms with Crippen LogP contribution in [0, 0.1) is 5.82 Å². The zero-order valence-corrected chi connectivity index (χ0v) is 14.0. The molecule has 1 fully saturated rings. The van der Waals surface area contributed by atoms with Crippen molar-refractivity contribution in [2.45, 2.75) is 44.2 Å². The Morgan fingerprint density at radius 3 is 2.88 bits per heavy atom. The first-order chi connectivity index (χ1) is 12.0. The Morgan fingerprint density at radius 1 is 1.44 bits per heavy atom. The van der Waals surface area contributed by atoms with Gasteiger partial charge in [-0.25, -0.2) is 9.18 Å². The minimum atomic E-state index is -0.550. The predicted octanol–water partition coefficient (Wildman–Crippen LogP) is 2.54. The number of nitrogens with zero attached hydrogens (tertiary/aromatic N) is 2. The minimum Gasteiger partial charge on any atom is -0.394 e. The van der Waals surface area contributed by atoms with E-state index in [1.54, 1.807) is 19.1 Å². The van der Waals surface area contributed by atoms with Crippen LogP contribution in [-0.2, 0) is 0 Å². The van der Waals surface area contributed by atoms with E-state index >= 15 is 0 Å². The molecule has 3 N–H and O–H groups in total. The van der Waals surface area contributed by atoms with E-state index in [1.807, 2.05) is 0 Å². The van der Waals surface area contributed by atoms with Gasteiger partial charge in [0.05, 0.1) is 12.1 Å². The fourth-order valence-electron chi connectivity index (χ4n) is 3.07. The number of benzene rings is 1. The van der Waals surface area contributed by atoms with Gasteiger partial charge in [0.15, 0.2) is 0 Å². The number of halogens is 1. The summed E-state index contributed by atoms with van der Waals surface area (Å²) in [5, 5.41) is 19.0. The molecule has 0 saturated heterocycles. The summed E-state index contributed by atoms with van der Waals surface area (Å²) in [6.45, 7) is 1.63. The van der Waals surface area contributed by atoms with Crippen molar-refractivity contribution in [3.8, 4) is 11.4 Å². The number of nitrogens with one attached hydrogen (secondary N) is 2. The molecule has 0 spiro atoms. The number of carbonyl (C=O) groups is 1. The molecule has 0 aliphatic heterocycles. The van der Waals surface area contributed by atoms with Crippen molar-refractivity contribution in [3.63, 3.8) is 0 Å². The molecular formula is C17H21FN4O3. The van der Waals surface area contributed by atoms with Crippen molar-refractivity contribution in [1.29, 1.82) is 0 Å². The van der Waals surface area contributed by atoms with Crippen LogP contribution in [0.5, 0.6) is 0 Å². The number of amides is 2. The Morgan fingerprint density at radius 2 is 2.20 bits per heavy atom. The number of hydrogen-bond donors (Lipinski definition) is 3. The normalized spacial score (nSPS) is 17.2. The third kappa shape index (κ3) is 3.96. The molecular weight excluding hydrogens is 327 g/mol. The van der Waals surface area contributed by atoms with Gasteiger partial charge in [0, 0.05) is 5.56 Å². The van der Waals surface area contributed by atoms with Crippen LogP contribution >= 0.6 is 0 Å². The van der Waals surface area contributed by atoms with Gasteiger partial charge in [0.2, 0.25) is 11.7 Å². The number of aromatic nitrogens is 2. The molecule has 1 heterocycles. The third-order valence-corrected chi connectivity index (χ3v) is 4.48. The van der Waals surface area contributed by atoms with Crippen LogP contribution in [0.15, 0.2) is 28.8 Å². The van der Waals surface area contributed by atoms with Crippen LogP contribution in [0.1, 0.15) is 44.5 Å². The summed E-state index contributed by atoms with van der Waals surface area (Å²) in [6, 6.07) is 4.96. The fraction of sp³-hybridized carbons (Fsp3) is 0.471. The van der Waals surface area contributed by atoms with E-state index in [9.17, 15) is 14.3 Å². The Kier molecular flexibility index (Phi) is 4.98. The minimum absolute atomic E-state index is 0.0842. The second-order valence-corrected chi connectivity index (χ2v) is 6.43. The van der Waals surface area contributed by atoms with Crippen molar-refractivity contribution in [3.05, 3.63) is 36.0 Å². The number of rotatable bonds is 5. The molecule has 7 nitrogen and oxygen atoms in total. The standard InChI is InChI=1S/C17H21FN4O3/c1-11(19-16(24)21-17(10-23)7-2-3-8-17)15-20-14(22-25-15)12-5-4-6-13(18)9-12/h4-6,9,11,23H,2-3,7-8,10H2,1H3,(H2,19,21,24). The number of aliphatic hydroxyl groups is 1. The number of hydrogen-bond acceptors (Lipinski definition) is 5. The van der Waals surface area contributed by atoms with E-state index in [0.717, 1.165) is 25.7 Å². The highest BCUT2D eigenvalue weighted by Crippen LogP contribution is 2.29. The molecule has 1 unspecified atom stereocenters. The Hall–Kier alpha value is -2.48. The smallest absolute Gasteiger partial charge is 0.315 e. The van der Waals surface area contributed by atoms with Gasteiger partial charge in [-0.3, -0.25) is 0 Å². The summed E-state index contributed by atoms with van der Waals surface area (Å²) in [6.07, 6.45) is 3.49. The average molecular weight is 348 g/mol. The molecule has 0 radical (unpaired) electrons. The lowest BCUT2D eigenvalue weighted by Crippen LogP contribution is -2.53. The number of carbonyl (C=O) groups excluding carboxylic acids is 1. The Balaban J connectivity index is 1.63. The van der Waals surface area contributed by atoms with Gasteiger partial charge in [0.1, 0.15) is 11.9 Å². The highest BCUT2D eigenvalue weighted by atomic mass is 19.1. The van der Waals surface area contributed by atoms with E-state index in [4.69, 9.17) is 4.52 Å². The molecule has 1 aliphatic rings. The van der Waals surface area contributed by atoms with Crippen LogP contribution in [-0.4, -0.2) is 33.4 Å². The van der Waals surface area contributed by atoms with Gasteiger partial charge in [0.25, 0.3) is 0 Å². The monoisotopic (exact) mass is 348 g/mol. The third-order valence-electron chi connectivity index (χ3n) is 4.48. The van der Waals surface area contributed by atoms with Crippen LogP contribution in [0.2, 0.25) is 0 Å². The Bertz CT molecular complexity index is 743. The topological polar surface area (TPSA) is 100 Å². The SMILES string of the molecule is CC(NC(=O)NC1(CO)CCCC1)c1nc(-c2cccc(F)c2)no1. The summed E-state index contributed by atoms with van der Waals surface area (Å²) in [7, 11) is 0. The van der Waals surface area contributed by atoms with Crippen molar-refractivity contribution in [2.75, 3.05) is 6.61 Å². The molecule has 1 atom stereocenters. The van der Waals surface area contributed by atoms with E-state index < -0.39 is 17.6 Å². The molecule has 2 amide bonds. The summed E-state index contributed by atoms with van der Waals surface area (Å²) in [4.78, 5) is 16.4. The summed E-state index contributed by atoms with van der Waals surface area (Å²) >= 11 is 0. The first-order valence-corrected chi connectivity index (χ1v) is 8.30. The van der Waals surface area contributed by atoms with Crippen LogP contribution in [0.3, 0.4) is 0 Å².